The summed E-state index contributed by atoms with van der Waals surface area (Å²) in [6, 6.07) is 123. The van der Waals surface area contributed by atoms with E-state index in [1.807, 2.05) is 0 Å². The van der Waals surface area contributed by atoms with Crippen molar-refractivity contribution in [1.82, 2.24) is 9.97 Å². The standard InChI is InChI=1S/C86H55BN4/c1-7-23-56(24-8-1)64-47-65(57-25-9-2-10-26-57)50-69(49-64)90-81-53-68(86-88-79(62-33-15-5-16-34-62)55-80(89-86)63-35-17-6-18-36-63)54-82-83(81)87(77-45-43-73-71-37-21-19-31-60(71)39-41-75(73)84(77)90)78-46-44-74-72-38-22-20-32-61(72)40-42-76(74)85(78)91(82)70-51-66(58-27-11-3-12-28-58)48-67(52-70)59-29-13-4-14-30-59/h1-55H. The molecule has 0 fully saturated rings. The van der Waals surface area contributed by atoms with Gasteiger partial charge in [0.25, 0.3) is 6.71 Å². The van der Waals surface area contributed by atoms with Crippen molar-refractivity contribution in [1.29, 1.82) is 0 Å². The van der Waals surface area contributed by atoms with Crippen molar-refractivity contribution < 1.29 is 0 Å². The smallest absolute Gasteiger partial charge is 0.252 e. The number of benzene rings is 15. The van der Waals surface area contributed by atoms with Crippen LogP contribution in [0.25, 0.3) is 122 Å². The van der Waals surface area contributed by atoms with E-state index in [1.165, 1.54) is 59.5 Å². The number of hydrogen-bond donors (Lipinski definition) is 0. The predicted molar refractivity (Wildman–Crippen MR) is 384 cm³/mol. The molecular weight excluding hydrogens is 1100 g/mol. The summed E-state index contributed by atoms with van der Waals surface area (Å²) in [6.07, 6.45) is 0. The van der Waals surface area contributed by atoms with E-state index < -0.39 is 0 Å². The molecule has 0 saturated heterocycles. The average molecular weight is 1160 g/mol. The second-order valence-corrected chi connectivity index (χ2v) is 24.0. The second kappa shape index (κ2) is 21.4. The highest BCUT2D eigenvalue weighted by molar-refractivity contribution is 7.01. The Hall–Kier alpha value is -11.9. The lowest BCUT2D eigenvalue weighted by Gasteiger charge is -2.45. The van der Waals surface area contributed by atoms with Gasteiger partial charge in [-0.05, 0) is 148 Å². The molecule has 3 heterocycles. The van der Waals surface area contributed by atoms with Gasteiger partial charge in [-0.25, -0.2) is 9.97 Å². The van der Waals surface area contributed by atoms with E-state index in [2.05, 4.69) is 343 Å². The zero-order chi connectivity index (χ0) is 59.9. The molecule has 0 radical (unpaired) electrons. The van der Waals surface area contributed by atoms with Gasteiger partial charge in [-0.2, -0.15) is 0 Å². The Balaban J connectivity index is 1.03. The first-order valence-corrected chi connectivity index (χ1v) is 31.3. The van der Waals surface area contributed by atoms with Crippen LogP contribution in [0, 0.1) is 0 Å². The molecule has 5 heteroatoms. The van der Waals surface area contributed by atoms with E-state index in [4.69, 9.17) is 9.97 Å². The highest BCUT2D eigenvalue weighted by atomic mass is 15.2. The molecule has 0 N–H and O–H groups in total. The minimum absolute atomic E-state index is 0.225. The molecule has 15 aromatic carbocycles. The third kappa shape index (κ3) is 8.84. The maximum absolute atomic E-state index is 5.68. The van der Waals surface area contributed by atoms with Gasteiger partial charge >= 0.3 is 0 Å². The third-order valence-corrected chi connectivity index (χ3v) is 18.7. The third-order valence-electron chi connectivity index (χ3n) is 18.7. The highest BCUT2D eigenvalue weighted by Crippen LogP contribution is 2.52. The topological polar surface area (TPSA) is 32.3 Å². The lowest BCUT2D eigenvalue weighted by Crippen LogP contribution is -2.61. The molecule has 0 bridgehead atoms. The number of hydrogen-bond acceptors (Lipinski definition) is 4. The monoisotopic (exact) mass is 1150 g/mol. The summed E-state index contributed by atoms with van der Waals surface area (Å²) in [7, 11) is 0. The summed E-state index contributed by atoms with van der Waals surface area (Å²) in [6.45, 7) is -0.225. The molecule has 2 aliphatic rings. The maximum Gasteiger partial charge on any atom is 0.252 e. The first-order chi connectivity index (χ1) is 45.1. The van der Waals surface area contributed by atoms with E-state index in [9.17, 15) is 0 Å². The van der Waals surface area contributed by atoms with E-state index in [-0.39, 0.29) is 6.71 Å². The maximum atomic E-state index is 5.68. The summed E-state index contributed by atoms with van der Waals surface area (Å²) in [5.41, 5.74) is 23.8. The van der Waals surface area contributed by atoms with Crippen LogP contribution in [-0.4, -0.2) is 16.7 Å². The zero-order valence-electron chi connectivity index (χ0n) is 49.6. The van der Waals surface area contributed by atoms with E-state index >= 15 is 0 Å². The highest BCUT2D eigenvalue weighted by Gasteiger charge is 2.45. The number of anilines is 6. The average Bonchev–Trinajstić information content (AvgIpc) is 0.692. The van der Waals surface area contributed by atoms with Gasteiger partial charge in [0.2, 0.25) is 0 Å². The molecule has 0 unspecified atom stereocenters. The van der Waals surface area contributed by atoms with Crippen molar-refractivity contribution in [3.8, 4) is 78.4 Å². The lowest BCUT2D eigenvalue weighted by molar-refractivity contribution is 1.18. The molecule has 0 spiro atoms. The quantitative estimate of drug-likeness (QED) is 0.106. The van der Waals surface area contributed by atoms with Crippen LogP contribution in [-0.2, 0) is 0 Å². The molecule has 2 aliphatic heterocycles. The van der Waals surface area contributed by atoms with Gasteiger partial charge < -0.3 is 9.80 Å². The van der Waals surface area contributed by atoms with E-state index in [0.29, 0.717) is 5.82 Å². The molecule has 91 heavy (non-hydrogen) atoms. The Kier molecular flexibility index (Phi) is 12.3. The number of aromatic nitrogens is 2. The Bertz CT molecular complexity index is 5080. The van der Waals surface area contributed by atoms with Crippen molar-refractivity contribution in [3.05, 3.63) is 334 Å². The number of rotatable bonds is 9. The van der Waals surface area contributed by atoms with Crippen LogP contribution >= 0.6 is 0 Å². The Labute approximate surface area is 529 Å². The molecule has 0 amide bonds. The Morgan fingerprint density at radius 2 is 0.560 bits per heavy atom. The van der Waals surface area contributed by atoms with Crippen molar-refractivity contribution in [2.45, 2.75) is 0 Å². The molecule has 0 atom stereocenters. The summed E-state index contributed by atoms with van der Waals surface area (Å²) in [4.78, 5) is 16.6. The normalized spacial score (nSPS) is 12.3. The summed E-state index contributed by atoms with van der Waals surface area (Å²) in [5.74, 6) is 0.631. The van der Waals surface area contributed by atoms with Gasteiger partial charge in [-0.3, -0.25) is 0 Å². The first kappa shape index (κ1) is 52.2. The van der Waals surface area contributed by atoms with Gasteiger partial charge in [-0.1, -0.05) is 279 Å². The van der Waals surface area contributed by atoms with Gasteiger partial charge in [0.05, 0.1) is 11.4 Å². The predicted octanol–water partition coefficient (Wildman–Crippen LogP) is 20.8. The van der Waals surface area contributed by atoms with Crippen molar-refractivity contribution in [2.75, 3.05) is 9.80 Å². The molecule has 0 aliphatic carbocycles. The fourth-order valence-corrected chi connectivity index (χ4v) is 14.6. The van der Waals surface area contributed by atoms with Crippen LogP contribution in [0.4, 0.5) is 34.1 Å². The van der Waals surface area contributed by atoms with Crippen LogP contribution in [0.15, 0.2) is 334 Å². The van der Waals surface area contributed by atoms with Crippen LogP contribution in [0.5, 0.6) is 0 Å². The molecule has 18 rings (SSSR count). The van der Waals surface area contributed by atoms with Crippen LogP contribution in [0.2, 0.25) is 0 Å². The fourth-order valence-electron chi connectivity index (χ4n) is 14.6. The van der Waals surface area contributed by atoms with Gasteiger partial charge in [0, 0.05) is 61.6 Å². The minimum atomic E-state index is -0.225. The molecule has 1 aromatic heterocycles. The fraction of sp³-hybridized carbons (Fsp3) is 0. The summed E-state index contributed by atoms with van der Waals surface area (Å²) < 4.78 is 0. The molecule has 4 nitrogen and oxygen atoms in total. The van der Waals surface area contributed by atoms with E-state index in [1.54, 1.807) is 0 Å². The number of nitrogens with zero attached hydrogens (tertiary/aromatic N) is 4. The van der Waals surface area contributed by atoms with Crippen molar-refractivity contribution in [2.24, 2.45) is 0 Å². The molecular formula is C86H55BN4. The Morgan fingerprint density at radius 3 is 0.934 bits per heavy atom. The second-order valence-electron chi connectivity index (χ2n) is 24.0. The summed E-state index contributed by atoms with van der Waals surface area (Å²) >= 11 is 0. The molecule has 422 valence electrons. The van der Waals surface area contributed by atoms with Crippen LogP contribution < -0.4 is 26.2 Å². The molecule has 16 aromatic rings. The molecule has 0 saturated carbocycles. The largest absolute Gasteiger partial charge is 0.311 e. The van der Waals surface area contributed by atoms with E-state index in [0.717, 1.165) is 107 Å². The first-order valence-electron chi connectivity index (χ1n) is 31.3. The number of fused-ring (bicyclic) bond motifs is 12. The minimum Gasteiger partial charge on any atom is -0.311 e. The van der Waals surface area contributed by atoms with Gasteiger partial charge in [-0.15, -0.1) is 0 Å². The van der Waals surface area contributed by atoms with Gasteiger partial charge in [0.15, 0.2) is 5.82 Å². The van der Waals surface area contributed by atoms with Gasteiger partial charge in [0.1, 0.15) is 0 Å². The zero-order valence-corrected chi connectivity index (χ0v) is 49.6. The van der Waals surface area contributed by atoms with Crippen molar-refractivity contribution >= 4 is 100 Å². The van der Waals surface area contributed by atoms with Crippen molar-refractivity contribution in [3.63, 3.8) is 0 Å². The van der Waals surface area contributed by atoms with Crippen LogP contribution in [0.1, 0.15) is 0 Å². The van der Waals surface area contributed by atoms with Crippen LogP contribution in [0.3, 0.4) is 0 Å². The summed E-state index contributed by atoms with van der Waals surface area (Å²) in [5, 5.41) is 9.58. The Morgan fingerprint density at radius 1 is 0.231 bits per heavy atom. The SMILES string of the molecule is c1ccc(-c2cc(-c3ccccc3)cc(N3c4cc(-c5nc(-c6ccccc6)cc(-c6ccccc6)n5)cc5c4B(c4ccc6c(ccc7ccccc76)c43)c3ccc4c(ccc6ccccc64)c3N5c3cc(-c4ccccc4)cc(-c4ccccc4)c3)c2)cc1. The lowest BCUT2D eigenvalue weighted by atomic mass is 9.33.